The second kappa shape index (κ2) is 7.51. The summed E-state index contributed by atoms with van der Waals surface area (Å²) in [6, 6.07) is 4.83. The van der Waals surface area contributed by atoms with Gasteiger partial charge in [-0.1, -0.05) is 29.8 Å². The van der Waals surface area contributed by atoms with Gasteiger partial charge in [0.15, 0.2) is 6.61 Å². The summed E-state index contributed by atoms with van der Waals surface area (Å²) in [4.78, 5) is 26.9. The van der Waals surface area contributed by atoms with Crippen LogP contribution in [0.15, 0.2) is 30.9 Å². The molecule has 0 atom stereocenters. The van der Waals surface area contributed by atoms with E-state index in [1.807, 2.05) is 0 Å². The fourth-order valence-electron chi connectivity index (χ4n) is 2.13. The molecule has 0 spiro atoms. The molecule has 0 unspecified atom stereocenters. The molecule has 22 heavy (non-hydrogen) atoms. The molecule has 1 aliphatic rings. The topological polar surface area (TPSA) is 49.9 Å². The summed E-state index contributed by atoms with van der Waals surface area (Å²) >= 11 is 11.8. The van der Waals surface area contributed by atoms with Gasteiger partial charge in [-0.05, 0) is 24.3 Å². The number of benzene rings is 1. The monoisotopic (exact) mass is 342 g/mol. The van der Waals surface area contributed by atoms with E-state index in [9.17, 15) is 9.59 Å². The molecule has 2 rings (SSSR count). The lowest BCUT2D eigenvalue weighted by atomic mass is 10.3. The van der Waals surface area contributed by atoms with Crippen molar-refractivity contribution in [2.45, 2.75) is 0 Å². The lowest BCUT2D eigenvalue weighted by Crippen LogP contribution is -2.51. The first-order valence-corrected chi connectivity index (χ1v) is 7.54. The van der Waals surface area contributed by atoms with E-state index < -0.39 is 0 Å². The standard InChI is InChI=1S/C15H16Cl2N2O3/c1-2-14(20)18-5-7-19(8-6-18)15(21)10-22-13-4-3-11(16)9-12(13)17/h2-4,9H,1,5-8,10H2. The van der Waals surface area contributed by atoms with Gasteiger partial charge in [0.25, 0.3) is 5.91 Å². The van der Waals surface area contributed by atoms with Crippen molar-refractivity contribution in [3.8, 4) is 5.75 Å². The van der Waals surface area contributed by atoms with Crippen molar-refractivity contribution in [3.05, 3.63) is 40.9 Å². The minimum atomic E-state index is -0.142. The molecular formula is C15H16Cl2N2O3. The quantitative estimate of drug-likeness (QED) is 0.788. The summed E-state index contributed by atoms with van der Waals surface area (Å²) in [5.41, 5.74) is 0. The van der Waals surface area contributed by atoms with Crippen molar-refractivity contribution in [1.29, 1.82) is 0 Å². The number of hydrogen-bond donors (Lipinski definition) is 0. The average Bonchev–Trinajstić information content (AvgIpc) is 2.53. The summed E-state index contributed by atoms with van der Waals surface area (Å²) in [5, 5.41) is 0.869. The van der Waals surface area contributed by atoms with Crippen molar-refractivity contribution in [2.75, 3.05) is 32.8 Å². The van der Waals surface area contributed by atoms with Crippen molar-refractivity contribution in [3.63, 3.8) is 0 Å². The molecule has 0 N–H and O–H groups in total. The highest BCUT2D eigenvalue weighted by atomic mass is 35.5. The molecule has 1 aromatic carbocycles. The van der Waals surface area contributed by atoms with Crippen molar-refractivity contribution in [1.82, 2.24) is 9.80 Å². The highest BCUT2D eigenvalue weighted by Gasteiger charge is 2.23. The zero-order valence-corrected chi connectivity index (χ0v) is 13.4. The zero-order chi connectivity index (χ0) is 16.1. The number of halogens is 2. The van der Waals surface area contributed by atoms with Gasteiger partial charge in [-0.25, -0.2) is 0 Å². The Hall–Kier alpha value is -1.72. The molecule has 1 aliphatic heterocycles. The summed E-state index contributed by atoms with van der Waals surface area (Å²) in [6.45, 7) is 5.31. The van der Waals surface area contributed by atoms with E-state index >= 15 is 0 Å². The number of piperazine rings is 1. The van der Waals surface area contributed by atoms with Crippen LogP contribution >= 0.6 is 23.2 Å². The van der Waals surface area contributed by atoms with Crippen LogP contribution in [0.2, 0.25) is 10.0 Å². The molecule has 118 valence electrons. The largest absolute Gasteiger partial charge is 0.482 e. The smallest absolute Gasteiger partial charge is 0.260 e. The lowest BCUT2D eigenvalue weighted by Gasteiger charge is -2.34. The Labute approximate surface area is 139 Å². The molecule has 1 aromatic rings. The van der Waals surface area contributed by atoms with Gasteiger partial charge in [0, 0.05) is 31.2 Å². The Morgan fingerprint density at radius 2 is 1.82 bits per heavy atom. The number of carbonyl (C=O) groups is 2. The van der Waals surface area contributed by atoms with Gasteiger partial charge in [-0.15, -0.1) is 0 Å². The Bertz CT molecular complexity index is 584. The van der Waals surface area contributed by atoms with Crippen LogP contribution in [0.5, 0.6) is 5.75 Å². The number of hydrogen-bond acceptors (Lipinski definition) is 3. The molecular weight excluding hydrogens is 327 g/mol. The second-order valence-corrected chi connectivity index (χ2v) is 5.62. The molecule has 1 fully saturated rings. The summed E-state index contributed by atoms with van der Waals surface area (Å²) in [6.07, 6.45) is 1.28. The van der Waals surface area contributed by atoms with Gasteiger partial charge in [0.2, 0.25) is 5.91 Å². The van der Waals surface area contributed by atoms with Crippen molar-refractivity contribution in [2.24, 2.45) is 0 Å². The molecule has 1 heterocycles. The third-order valence-corrected chi connectivity index (χ3v) is 3.89. The van der Waals surface area contributed by atoms with E-state index in [0.29, 0.717) is 42.0 Å². The molecule has 5 nitrogen and oxygen atoms in total. The summed E-state index contributed by atoms with van der Waals surface area (Å²) in [7, 11) is 0. The van der Waals surface area contributed by atoms with Gasteiger partial charge in [-0.3, -0.25) is 9.59 Å². The first-order chi connectivity index (χ1) is 10.5. The van der Waals surface area contributed by atoms with Crippen molar-refractivity contribution < 1.29 is 14.3 Å². The van der Waals surface area contributed by atoms with Gasteiger partial charge < -0.3 is 14.5 Å². The first-order valence-electron chi connectivity index (χ1n) is 6.78. The molecule has 0 radical (unpaired) electrons. The highest BCUT2D eigenvalue weighted by Crippen LogP contribution is 2.27. The fourth-order valence-corrected chi connectivity index (χ4v) is 2.59. The van der Waals surface area contributed by atoms with Crippen LogP contribution in [-0.4, -0.2) is 54.4 Å². The number of ether oxygens (including phenoxy) is 1. The molecule has 0 aliphatic carbocycles. The maximum Gasteiger partial charge on any atom is 0.260 e. The fraction of sp³-hybridized carbons (Fsp3) is 0.333. The Kier molecular flexibility index (Phi) is 5.69. The molecule has 0 aromatic heterocycles. The Balaban J connectivity index is 1.83. The maximum absolute atomic E-state index is 12.1. The van der Waals surface area contributed by atoms with Crippen LogP contribution < -0.4 is 4.74 Å². The Morgan fingerprint density at radius 1 is 1.18 bits per heavy atom. The Morgan fingerprint density at radius 3 is 2.41 bits per heavy atom. The molecule has 0 saturated carbocycles. The molecule has 0 bridgehead atoms. The lowest BCUT2D eigenvalue weighted by molar-refractivity contribution is -0.138. The number of carbonyl (C=O) groups excluding carboxylic acids is 2. The number of rotatable bonds is 4. The van der Waals surface area contributed by atoms with E-state index in [0.717, 1.165) is 0 Å². The normalized spacial score (nSPS) is 14.6. The first kappa shape index (κ1) is 16.6. The average molecular weight is 343 g/mol. The minimum absolute atomic E-state index is 0.100. The highest BCUT2D eigenvalue weighted by molar-refractivity contribution is 6.35. The van der Waals surface area contributed by atoms with Gasteiger partial charge in [-0.2, -0.15) is 0 Å². The minimum Gasteiger partial charge on any atom is -0.482 e. The third-order valence-electron chi connectivity index (χ3n) is 3.36. The van der Waals surface area contributed by atoms with Crippen LogP contribution in [0.1, 0.15) is 0 Å². The number of amides is 2. The van der Waals surface area contributed by atoms with E-state index in [1.54, 1.807) is 28.0 Å². The summed E-state index contributed by atoms with van der Waals surface area (Å²) < 4.78 is 5.42. The van der Waals surface area contributed by atoms with E-state index in [2.05, 4.69) is 6.58 Å². The molecule has 1 saturated heterocycles. The van der Waals surface area contributed by atoms with Crippen LogP contribution in [0.4, 0.5) is 0 Å². The predicted octanol–water partition coefficient (Wildman–Crippen LogP) is 2.23. The summed E-state index contributed by atoms with van der Waals surface area (Å²) in [5.74, 6) is 0.160. The van der Waals surface area contributed by atoms with Gasteiger partial charge >= 0.3 is 0 Å². The van der Waals surface area contributed by atoms with E-state index in [1.165, 1.54) is 6.08 Å². The van der Waals surface area contributed by atoms with E-state index in [-0.39, 0.29) is 18.4 Å². The maximum atomic E-state index is 12.1. The van der Waals surface area contributed by atoms with Gasteiger partial charge in [0.1, 0.15) is 5.75 Å². The van der Waals surface area contributed by atoms with Gasteiger partial charge in [0.05, 0.1) is 5.02 Å². The van der Waals surface area contributed by atoms with Crippen LogP contribution in [-0.2, 0) is 9.59 Å². The van der Waals surface area contributed by atoms with Crippen molar-refractivity contribution >= 4 is 35.0 Å². The van der Waals surface area contributed by atoms with Crippen LogP contribution in [0, 0.1) is 0 Å². The number of nitrogens with zero attached hydrogens (tertiary/aromatic N) is 2. The van der Waals surface area contributed by atoms with Crippen LogP contribution in [0.25, 0.3) is 0 Å². The predicted molar refractivity (Wildman–Crippen MR) is 85.3 cm³/mol. The zero-order valence-electron chi connectivity index (χ0n) is 11.9. The second-order valence-electron chi connectivity index (χ2n) is 4.77. The van der Waals surface area contributed by atoms with E-state index in [4.69, 9.17) is 27.9 Å². The SMILES string of the molecule is C=CC(=O)N1CCN(C(=O)COc2ccc(Cl)cc2Cl)CC1. The molecule has 2 amide bonds. The van der Waals surface area contributed by atoms with Crippen LogP contribution in [0.3, 0.4) is 0 Å². The third kappa shape index (κ3) is 4.15. The molecule has 7 heteroatoms.